The lowest BCUT2D eigenvalue weighted by Gasteiger charge is -2.32. The summed E-state index contributed by atoms with van der Waals surface area (Å²) in [4.78, 5) is 18.2. The van der Waals surface area contributed by atoms with Gasteiger partial charge in [0.2, 0.25) is 5.95 Å². The molecule has 1 aliphatic heterocycles. The van der Waals surface area contributed by atoms with E-state index in [4.69, 9.17) is 9.72 Å². The number of anilines is 1. The van der Waals surface area contributed by atoms with Crippen molar-refractivity contribution in [2.75, 3.05) is 11.9 Å². The van der Waals surface area contributed by atoms with Crippen molar-refractivity contribution in [3.8, 4) is 0 Å². The van der Waals surface area contributed by atoms with E-state index in [0.29, 0.717) is 12.2 Å². The Balaban J connectivity index is 1.85. The van der Waals surface area contributed by atoms with Crippen LogP contribution in [0.3, 0.4) is 0 Å². The summed E-state index contributed by atoms with van der Waals surface area (Å²) in [6.07, 6.45) is 1.66. The standard InChI is InChI=1S/C26H25N3O2/c1-3-10-21-23(25(30)31-4-2)24(19-14-9-12-17-11-5-6-13-18(17)19)29-22-16-8-7-15-20(22)27-26(29)28-21/h5-9,11-16,24H,3-4,10H2,1-2H3,(H,27,28). The number of ether oxygens (including phenoxy) is 1. The maximum atomic E-state index is 13.3. The summed E-state index contributed by atoms with van der Waals surface area (Å²) in [5.41, 5.74) is 4.51. The highest BCUT2D eigenvalue weighted by molar-refractivity contribution is 5.96. The molecule has 5 rings (SSSR count). The topological polar surface area (TPSA) is 56.2 Å². The van der Waals surface area contributed by atoms with E-state index >= 15 is 0 Å². The molecule has 1 unspecified atom stereocenters. The fraction of sp³-hybridized carbons (Fsp3) is 0.231. The Bertz CT molecular complexity index is 1310. The van der Waals surface area contributed by atoms with E-state index in [1.807, 2.05) is 37.3 Å². The predicted octanol–water partition coefficient (Wildman–Crippen LogP) is 5.82. The molecule has 156 valence electrons. The molecule has 1 N–H and O–H groups in total. The van der Waals surface area contributed by atoms with Crippen LogP contribution in [-0.2, 0) is 9.53 Å². The van der Waals surface area contributed by atoms with Crippen LogP contribution in [0.15, 0.2) is 78.0 Å². The maximum Gasteiger partial charge on any atom is 0.338 e. The number of fused-ring (bicyclic) bond motifs is 4. The minimum atomic E-state index is -0.324. The van der Waals surface area contributed by atoms with Crippen LogP contribution in [0, 0.1) is 0 Å². The van der Waals surface area contributed by atoms with Crippen molar-refractivity contribution in [1.29, 1.82) is 0 Å². The molecule has 0 spiro atoms. The first kappa shape index (κ1) is 19.4. The van der Waals surface area contributed by atoms with Crippen molar-refractivity contribution in [3.63, 3.8) is 0 Å². The molecule has 0 amide bonds. The summed E-state index contributed by atoms with van der Waals surface area (Å²) in [5.74, 6) is 0.482. The highest BCUT2D eigenvalue weighted by Crippen LogP contribution is 2.42. The van der Waals surface area contributed by atoms with Gasteiger partial charge in [0.1, 0.15) is 0 Å². The average Bonchev–Trinajstić information content (AvgIpc) is 3.16. The van der Waals surface area contributed by atoms with E-state index in [1.165, 1.54) is 0 Å². The van der Waals surface area contributed by atoms with Crippen molar-refractivity contribution >= 4 is 33.7 Å². The number of para-hydroxylation sites is 2. The van der Waals surface area contributed by atoms with Crippen molar-refractivity contribution in [3.05, 3.63) is 83.6 Å². The second-order valence-electron chi connectivity index (χ2n) is 7.75. The third kappa shape index (κ3) is 3.17. The number of allylic oxidation sites excluding steroid dienone is 1. The number of aromatic nitrogens is 2. The number of nitrogens with zero attached hydrogens (tertiary/aromatic N) is 2. The molecule has 4 aromatic rings. The van der Waals surface area contributed by atoms with Gasteiger partial charge in [-0.05, 0) is 41.8 Å². The highest BCUT2D eigenvalue weighted by Gasteiger charge is 2.36. The minimum absolute atomic E-state index is 0.278. The number of carbonyl (C=O) groups excluding carboxylic acids is 1. The lowest BCUT2D eigenvalue weighted by atomic mass is 9.90. The molecule has 1 aliphatic rings. The lowest BCUT2D eigenvalue weighted by molar-refractivity contribution is -0.139. The normalized spacial score (nSPS) is 15.7. The number of esters is 1. The Morgan fingerprint density at radius 3 is 2.65 bits per heavy atom. The fourth-order valence-corrected chi connectivity index (χ4v) is 4.56. The fourth-order valence-electron chi connectivity index (χ4n) is 4.56. The molecule has 3 aromatic carbocycles. The summed E-state index contributed by atoms with van der Waals surface area (Å²) in [6.45, 7) is 4.29. The number of imidazole rings is 1. The number of hydrogen-bond acceptors (Lipinski definition) is 4. The van der Waals surface area contributed by atoms with Gasteiger partial charge in [-0.15, -0.1) is 0 Å². The third-order valence-corrected chi connectivity index (χ3v) is 5.83. The number of carbonyl (C=O) groups is 1. The molecule has 0 aliphatic carbocycles. The molecule has 2 heterocycles. The molecule has 0 saturated carbocycles. The quantitative estimate of drug-likeness (QED) is 0.420. The molecule has 1 atom stereocenters. The maximum absolute atomic E-state index is 13.3. The molecule has 0 radical (unpaired) electrons. The Kier molecular flexibility index (Phi) is 4.94. The van der Waals surface area contributed by atoms with E-state index in [9.17, 15) is 4.79 Å². The van der Waals surface area contributed by atoms with Crippen LogP contribution in [0.1, 0.15) is 38.3 Å². The van der Waals surface area contributed by atoms with Crippen molar-refractivity contribution in [2.45, 2.75) is 32.7 Å². The number of benzene rings is 3. The third-order valence-electron chi connectivity index (χ3n) is 5.83. The second-order valence-corrected chi connectivity index (χ2v) is 7.75. The summed E-state index contributed by atoms with van der Waals surface area (Å²) in [5, 5.41) is 5.72. The molecular formula is C26H25N3O2. The zero-order valence-corrected chi connectivity index (χ0v) is 17.8. The predicted molar refractivity (Wildman–Crippen MR) is 124 cm³/mol. The van der Waals surface area contributed by atoms with Crippen LogP contribution in [0.5, 0.6) is 0 Å². The molecule has 31 heavy (non-hydrogen) atoms. The van der Waals surface area contributed by atoms with E-state index < -0.39 is 0 Å². The summed E-state index contributed by atoms with van der Waals surface area (Å²) < 4.78 is 7.70. The first-order valence-electron chi connectivity index (χ1n) is 10.8. The average molecular weight is 412 g/mol. The van der Waals surface area contributed by atoms with Gasteiger partial charge < -0.3 is 10.1 Å². The first-order valence-corrected chi connectivity index (χ1v) is 10.8. The molecule has 5 heteroatoms. The van der Waals surface area contributed by atoms with Gasteiger partial charge in [-0.3, -0.25) is 4.57 Å². The van der Waals surface area contributed by atoms with Gasteiger partial charge in [0, 0.05) is 5.70 Å². The summed E-state index contributed by atoms with van der Waals surface area (Å²) in [7, 11) is 0. The summed E-state index contributed by atoms with van der Waals surface area (Å²) >= 11 is 0. The van der Waals surface area contributed by atoms with Crippen LogP contribution in [0.2, 0.25) is 0 Å². The zero-order valence-electron chi connectivity index (χ0n) is 17.8. The Morgan fingerprint density at radius 1 is 1.03 bits per heavy atom. The smallest absolute Gasteiger partial charge is 0.338 e. The SMILES string of the molecule is CCCC1=C(C(=O)OCC)C(c2cccc3ccccc23)n2c(nc3ccccc32)N1. The van der Waals surface area contributed by atoms with Crippen molar-refractivity contribution in [2.24, 2.45) is 0 Å². The van der Waals surface area contributed by atoms with Gasteiger partial charge in [-0.2, -0.15) is 0 Å². The molecule has 0 bridgehead atoms. The van der Waals surface area contributed by atoms with Crippen LogP contribution >= 0.6 is 0 Å². The molecule has 5 nitrogen and oxygen atoms in total. The lowest BCUT2D eigenvalue weighted by Crippen LogP contribution is -2.30. The number of hydrogen-bond donors (Lipinski definition) is 1. The van der Waals surface area contributed by atoms with E-state index in [2.05, 4.69) is 53.2 Å². The monoisotopic (exact) mass is 411 g/mol. The molecule has 0 fully saturated rings. The van der Waals surface area contributed by atoms with Crippen LogP contribution in [0.25, 0.3) is 21.8 Å². The molecular weight excluding hydrogens is 386 g/mol. The van der Waals surface area contributed by atoms with Gasteiger partial charge in [-0.25, -0.2) is 9.78 Å². The highest BCUT2D eigenvalue weighted by atomic mass is 16.5. The first-order chi connectivity index (χ1) is 15.2. The van der Waals surface area contributed by atoms with Gasteiger partial charge >= 0.3 is 5.97 Å². The molecule has 1 aromatic heterocycles. The van der Waals surface area contributed by atoms with Gasteiger partial charge in [0.05, 0.1) is 29.3 Å². The zero-order chi connectivity index (χ0) is 21.4. The number of nitrogens with one attached hydrogen (secondary N) is 1. The van der Waals surface area contributed by atoms with Crippen LogP contribution in [-0.4, -0.2) is 22.1 Å². The van der Waals surface area contributed by atoms with Crippen LogP contribution < -0.4 is 5.32 Å². The second kappa shape index (κ2) is 7.91. The van der Waals surface area contributed by atoms with Crippen molar-refractivity contribution in [1.82, 2.24) is 9.55 Å². The van der Waals surface area contributed by atoms with Gasteiger partial charge in [0.15, 0.2) is 0 Å². The van der Waals surface area contributed by atoms with Gasteiger partial charge in [-0.1, -0.05) is 67.9 Å². The van der Waals surface area contributed by atoms with Crippen LogP contribution in [0.4, 0.5) is 5.95 Å². The Hall–Kier alpha value is -3.60. The number of rotatable bonds is 5. The van der Waals surface area contributed by atoms with Gasteiger partial charge in [0.25, 0.3) is 0 Å². The Morgan fingerprint density at radius 2 is 1.81 bits per heavy atom. The largest absolute Gasteiger partial charge is 0.463 e. The molecule has 0 saturated heterocycles. The van der Waals surface area contributed by atoms with E-state index in [0.717, 1.165) is 51.9 Å². The van der Waals surface area contributed by atoms with E-state index in [1.54, 1.807) is 0 Å². The Labute approximate surface area is 181 Å². The van der Waals surface area contributed by atoms with Crippen molar-refractivity contribution < 1.29 is 9.53 Å². The minimum Gasteiger partial charge on any atom is -0.463 e. The van der Waals surface area contributed by atoms with E-state index in [-0.39, 0.29) is 12.0 Å². The summed E-state index contributed by atoms with van der Waals surface area (Å²) in [6, 6.07) is 22.3.